The molecule has 3 amide bonds. The number of rotatable bonds is 5. The fraction of sp³-hybridized carbons (Fsp3) is 0.385. The Morgan fingerprint density at radius 1 is 1.38 bits per heavy atom. The maximum absolute atomic E-state index is 11.6. The smallest absolute Gasteiger partial charge is 0.340 e. The summed E-state index contributed by atoms with van der Waals surface area (Å²) in [4.78, 5) is 38.1. The summed E-state index contributed by atoms with van der Waals surface area (Å²) >= 11 is 5.58. The number of imide groups is 1. The molecule has 0 aliphatic rings. The number of esters is 1. The number of hydrogen-bond donors (Lipinski definition) is 2. The molecule has 114 valence electrons. The molecule has 1 aromatic heterocycles. The van der Waals surface area contributed by atoms with E-state index < -0.39 is 24.5 Å². The maximum Gasteiger partial charge on any atom is 0.340 e. The second-order valence-corrected chi connectivity index (χ2v) is 4.66. The average molecular weight is 314 g/mol. The molecule has 2 N–H and O–H groups in total. The Morgan fingerprint density at radius 3 is 2.67 bits per heavy atom. The van der Waals surface area contributed by atoms with Crippen LogP contribution in [-0.4, -0.2) is 35.5 Å². The Kier molecular flexibility index (Phi) is 6.61. The van der Waals surface area contributed by atoms with Gasteiger partial charge in [-0.25, -0.2) is 14.6 Å². The van der Waals surface area contributed by atoms with Gasteiger partial charge in [-0.05, 0) is 25.5 Å². The third-order valence-corrected chi connectivity index (χ3v) is 2.76. The second kappa shape index (κ2) is 8.21. The van der Waals surface area contributed by atoms with E-state index in [2.05, 4.69) is 15.6 Å². The van der Waals surface area contributed by atoms with E-state index in [1.54, 1.807) is 6.92 Å². The molecule has 1 atom stereocenters. The van der Waals surface area contributed by atoms with Crippen LogP contribution in [0.1, 0.15) is 30.6 Å². The van der Waals surface area contributed by atoms with Crippen LogP contribution < -0.4 is 10.6 Å². The van der Waals surface area contributed by atoms with E-state index in [1.165, 1.54) is 18.3 Å². The first-order valence-electron chi connectivity index (χ1n) is 6.31. The van der Waals surface area contributed by atoms with Gasteiger partial charge in [-0.1, -0.05) is 18.5 Å². The fourth-order valence-electron chi connectivity index (χ4n) is 1.24. The maximum atomic E-state index is 11.6. The van der Waals surface area contributed by atoms with Crippen LogP contribution in [-0.2, 0) is 9.53 Å². The number of urea groups is 1. The highest BCUT2D eigenvalue weighted by Crippen LogP contribution is 2.06. The molecule has 1 aromatic rings. The van der Waals surface area contributed by atoms with Gasteiger partial charge in [0.2, 0.25) is 0 Å². The first-order chi connectivity index (χ1) is 9.92. The molecule has 0 saturated heterocycles. The molecule has 0 spiro atoms. The molecule has 0 radical (unpaired) electrons. The van der Waals surface area contributed by atoms with Gasteiger partial charge in [-0.15, -0.1) is 0 Å². The van der Waals surface area contributed by atoms with Crippen molar-refractivity contribution in [2.75, 3.05) is 6.61 Å². The van der Waals surface area contributed by atoms with Gasteiger partial charge in [-0.2, -0.15) is 0 Å². The molecule has 0 aliphatic carbocycles. The van der Waals surface area contributed by atoms with Crippen molar-refractivity contribution in [3.8, 4) is 0 Å². The molecule has 0 aromatic carbocycles. The van der Waals surface area contributed by atoms with Gasteiger partial charge in [0.05, 0.1) is 5.56 Å². The van der Waals surface area contributed by atoms with Gasteiger partial charge in [0.25, 0.3) is 5.91 Å². The van der Waals surface area contributed by atoms with Crippen LogP contribution in [0.15, 0.2) is 18.3 Å². The van der Waals surface area contributed by atoms with Crippen molar-refractivity contribution in [1.29, 1.82) is 0 Å². The number of hydrogen-bond acceptors (Lipinski definition) is 5. The molecule has 21 heavy (non-hydrogen) atoms. The average Bonchev–Trinajstić information content (AvgIpc) is 2.45. The Labute approximate surface area is 127 Å². The number of aromatic nitrogens is 1. The van der Waals surface area contributed by atoms with E-state index in [-0.39, 0.29) is 16.8 Å². The number of carbonyl (C=O) groups excluding carboxylic acids is 3. The number of amides is 3. The minimum absolute atomic E-state index is 0.0551. The number of pyridine rings is 1. The van der Waals surface area contributed by atoms with Crippen molar-refractivity contribution in [3.05, 3.63) is 29.0 Å². The van der Waals surface area contributed by atoms with Crippen molar-refractivity contribution < 1.29 is 19.1 Å². The lowest BCUT2D eigenvalue weighted by atomic mass is 10.3. The zero-order valence-electron chi connectivity index (χ0n) is 11.7. The van der Waals surface area contributed by atoms with Gasteiger partial charge in [0.1, 0.15) is 5.15 Å². The summed E-state index contributed by atoms with van der Waals surface area (Å²) in [5, 5.41) is 4.85. The van der Waals surface area contributed by atoms with E-state index in [1.807, 2.05) is 6.92 Å². The molecule has 0 saturated carbocycles. The summed E-state index contributed by atoms with van der Waals surface area (Å²) < 4.78 is 4.75. The highest BCUT2D eigenvalue weighted by molar-refractivity contribution is 6.29. The quantitative estimate of drug-likeness (QED) is 0.634. The normalized spacial score (nSPS) is 11.4. The Hall–Kier alpha value is -2.15. The lowest BCUT2D eigenvalue weighted by molar-refractivity contribution is -0.123. The van der Waals surface area contributed by atoms with Crippen molar-refractivity contribution in [2.45, 2.75) is 26.3 Å². The summed E-state index contributed by atoms with van der Waals surface area (Å²) in [6.45, 7) is 3.14. The van der Waals surface area contributed by atoms with Crippen molar-refractivity contribution >= 4 is 29.5 Å². The summed E-state index contributed by atoms with van der Waals surface area (Å²) in [5.74, 6) is -1.44. The fourth-order valence-corrected chi connectivity index (χ4v) is 1.35. The topological polar surface area (TPSA) is 97.4 Å². The van der Waals surface area contributed by atoms with E-state index in [4.69, 9.17) is 16.3 Å². The number of nitrogens with one attached hydrogen (secondary N) is 2. The molecule has 0 unspecified atom stereocenters. The van der Waals surface area contributed by atoms with Crippen LogP contribution in [0.3, 0.4) is 0 Å². The van der Waals surface area contributed by atoms with Crippen LogP contribution in [0.5, 0.6) is 0 Å². The monoisotopic (exact) mass is 313 g/mol. The van der Waals surface area contributed by atoms with Gasteiger partial charge < -0.3 is 10.1 Å². The number of halogens is 1. The minimum atomic E-state index is -0.725. The first-order valence-corrected chi connectivity index (χ1v) is 6.69. The molecule has 0 aliphatic heterocycles. The zero-order valence-corrected chi connectivity index (χ0v) is 12.4. The van der Waals surface area contributed by atoms with E-state index in [9.17, 15) is 14.4 Å². The van der Waals surface area contributed by atoms with Crippen molar-refractivity contribution in [2.24, 2.45) is 0 Å². The second-order valence-electron chi connectivity index (χ2n) is 4.28. The number of ether oxygens (including phenoxy) is 1. The van der Waals surface area contributed by atoms with Crippen LogP contribution in [0.2, 0.25) is 5.15 Å². The largest absolute Gasteiger partial charge is 0.452 e. The lowest BCUT2D eigenvalue weighted by Gasteiger charge is -2.11. The molecule has 0 bridgehead atoms. The van der Waals surface area contributed by atoms with E-state index in [0.29, 0.717) is 0 Å². The van der Waals surface area contributed by atoms with Crippen LogP contribution >= 0.6 is 11.6 Å². The molecule has 7 nitrogen and oxygen atoms in total. The predicted octanol–water partition coefficient (Wildman–Crippen LogP) is 1.52. The molecular formula is C13H16ClN3O4. The summed E-state index contributed by atoms with van der Waals surface area (Å²) in [6.07, 6.45) is 1.97. The van der Waals surface area contributed by atoms with Gasteiger partial charge in [0.15, 0.2) is 6.61 Å². The zero-order chi connectivity index (χ0) is 15.8. The van der Waals surface area contributed by atoms with Crippen LogP contribution in [0.4, 0.5) is 4.79 Å². The molecule has 0 fully saturated rings. The Morgan fingerprint density at radius 2 is 2.10 bits per heavy atom. The van der Waals surface area contributed by atoms with Gasteiger partial charge in [0, 0.05) is 12.2 Å². The third kappa shape index (κ3) is 6.22. The standard InChI is InChI=1S/C13H16ClN3O4/c1-3-8(2)16-13(20)17-11(18)7-21-12(19)9-4-5-10(14)15-6-9/h4-6,8H,3,7H2,1-2H3,(H2,16,17,18,20)/t8-/m0/s1. The number of nitrogens with zero attached hydrogens (tertiary/aromatic N) is 1. The summed E-state index contributed by atoms with van der Waals surface area (Å²) in [5.41, 5.74) is 0.163. The van der Waals surface area contributed by atoms with E-state index >= 15 is 0 Å². The number of carbonyl (C=O) groups is 3. The van der Waals surface area contributed by atoms with Gasteiger partial charge in [-0.3, -0.25) is 10.1 Å². The highest BCUT2D eigenvalue weighted by atomic mass is 35.5. The summed E-state index contributed by atoms with van der Waals surface area (Å²) in [7, 11) is 0. The van der Waals surface area contributed by atoms with E-state index in [0.717, 1.165) is 6.42 Å². The summed E-state index contributed by atoms with van der Waals surface area (Å²) in [6, 6.07) is 2.17. The molecule has 1 rings (SSSR count). The van der Waals surface area contributed by atoms with Crippen molar-refractivity contribution in [3.63, 3.8) is 0 Å². The van der Waals surface area contributed by atoms with Gasteiger partial charge >= 0.3 is 12.0 Å². The van der Waals surface area contributed by atoms with Crippen LogP contribution in [0, 0.1) is 0 Å². The molecule has 8 heteroatoms. The first kappa shape index (κ1) is 16.9. The Bertz CT molecular complexity index is 519. The van der Waals surface area contributed by atoms with Crippen molar-refractivity contribution in [1.82, 2.24) is 15.6 Å². The van der Waals surface area contributed by atoms with Crippen LogP contribution in [0.25, 0.3) is 0 Å². The predicted molar refractivity (Wildman–Crippen MR) is 76.0 cm³/mol. The third-order valence-electron chi connectivity index (χ3n) is 2.54. The lowest BCUT2D eigenvalue weighted by Crippen LogP contribution is -2.44. The minimum Gasteiger partial charge on any atom is -0.452 e. The molecular weight excluding hydrogens is 298 g/mol. The Balaban J connectivity index is 2.37. The molecule has 1 heterocycles. The SMILES string of the molecule is CC[C@H](C)NC(=O)NC(=O)COC(=O)c1ccc(Cl)nc1. The highest BCUT2D eigenvalue weighted by Gasteiger charge is 2.13.